The zero-order valence-electron chi connectivity index (χ0n) is 22.7. The zero-order valence-corrected chi connectivity index (χ0v) is 24.3. The first kappa shape index (κ1) is 35.5. The molecule has 0 aliphatic heterocycles. The molecule has 0 saturated carbocycles. The van der Waals surface area contributed by atoms with E-state index in [1.54, 1.807) is 28.4 Å². The van der Waals surface area contributed by atoms with Gasteiger partial charge in [-0.05, 0) is 10.5 Å². The highest BCUT2D eigenvalue weighted by Crippen LogP contribution is 2.08. The predicted octanol–water partition coefficient (Wildman–Crippen LogP) is 0.253. The lowest BCUT2D eigenvalue weighted by Crippen LogP contribution is -2.43. The molecule has 0 bridgehead atoms. The van der Waals surface area contributed by atoms with Gasteiger partial charge in [-0.25, -0.2) is 0 Å². The van der Waals surface area contributed by atoms with E-state index in [1.807, 2.05) is 27.7 Å². The van der Waals surface area contributed by atoms with Crippen molar-refractivity contribution in [3.05, 3.63) is 0 Å². The van der Waals surface area contributed by atoms with Crippen molar-refractivity contribution in [1.82, 2.24) is 20.9 Å². The second-order valence-corrected chi connectivity index (χ2v) is 11.7. The third-order valence-electron chi connectivity index (χ3n) is 4.60. The fraction of sp³-hybridized carbons (Fsp3) is 0.833. The summed E-state index contributed by atoms with van der Waals surface area (Å²) in [6, 6.07) is 0. The molecular weight excluding hydrogens is 520 g/mol. The van der Waals surface area contributed by atoms with E-state index in [0.717, 1.165) is 0 Å². The number of ether oxygens (including phenoxy) is 2. The van der Waals surface area contributed by atoms with E-state index in [1.165, 1.54) is 0 Å². The first-order chi connectivity index (χ1) is 17.6. The van der Waals surface area contributed by atoms with Gasteiger partial charge in [0, 0.05) is 45.6 Å². The van der Waals surface area contributed by atoms with Crippen molar-refractivity contribution in [2.24, 2.45) is 0 Å². The van der Waals surface area contributed by atoms with E-state index in [9.17, 15) is 19.2 Å². The summed E-state index contributed by atoms with van der Waals surface area (Å²) in [5.41, 5.74) is 0. The number of carbonyl (C=O) groups excluding carboxylic acids is 4. The molecule has 11 nitrogen and oxygen atoms in total. The zero-order chi connectivity index (χ0) is 27.9. The topological polar surface area (TPSA) is 146 Å². The highest BCUT2D eigenvalue weighted by atomic mass is 32.2. The van der Waals surface area contributed by atoms with Crippen molar-refractivity contribution in [2.45, 2.75) is 51.0 Å². The summed E-state index contributed by atoms with van der Waals surface area (Å²) in [5.74, 6) is 0.0533. The Morgan fingerprint density at radius 2 is 1.19 bits per heavy atom. The van der Waals surface area contributed by atoms with E-state index in [-0.39, 0.29) is 49.7 Å². The van der Waals surface area contributed by atoms with Gasteiger partial charge in [0.15, 0.2) is 0 Å². The van der Waals surface area contributed by atoms with Gasteiger partial charge in [-0.2, -0.15) is 0 Å². The summed E-state index contributed by atoms with van der Waals surface area (Å²) >= 11 is 3.08. The van der Waals surface area contributed by atoms with Crippen LogP contribution in [0.25, 0.3) is 0 Å². The van der Waals surface area contributed by atoms with Crippen LogP contribution < -0.4 is 16.0 Å². The number of aliphatic hydroxyl groups excluding tert-OH is 1. The van der Waals surface area contributed by atoms with Crippen molar-refractivity contribution in [3.8, 4) is 0 Å². The lowest BCUT2D eigenvalue weighted by Gasteiger charge is -2.23. The average molecular weight is 567 g/mol. The van der Waals surface area contributed by atoms with Gasteiger partial charge in [-0.3, -0.25) is 19.2 Å². The van der Waals surface area contributed by atoms with Crippen LogP contribution in [0, 0.1) is 0 Å². The Bertz CT molecular complexity index is 625. The van der Waals surface area contributed by atoms with Crippen LogP contribution in [-0.2, 0) is 28.7 Å². The molecule has 37 heavy (non-hydrogen) atoms. The van der Waals surface area contributed by atoms with Crippen LogP contribution in [-0.4, -0.2) is 121 Å². The standard InChI is InChI=1S/C24H46N4O7S2/c1-19(2)36-17-22(31)25-7-10-28(11-8-26-23(32)18-37-20(3)4)24(33)6-5-21(30)27-9-13-34-15-16-35-14-12-29/h19-20,29H,5-18H2,1-4H3,(H,25,31)(H,26,32)(H,27,30). The molecule has 13 heteroatoms. The van der Waals surface area contributed by atoms with Crippen molar-refractivity contribution in [1.29, 1.82) is 0 Å². The first-order valence-corrected chi connectivity index (χ1v) is 14.8. The van der Waals surface area contributed by atoms with Crippen LogP contribution in [0.15, 0.2) is 0 Å². The van der Waals surface area contributed by atoms with Gasteiger partial charge < -0.3 is 35.4 Å². The van der Waals surface area contributed by atoms with Gasteiger partial charge in [0.1, 0.15) is 0 Å². The number of carbonyl (C=O) groups is 4. The number of nitrogens with zero attached hydrogens (tertiary/aromatic N) is 1. The normalized spacial score (nSPS) is 11.0. The minimum atomic E-state index is -0.258. The molecule has 0 heterocycles. The molecule has 0 saturated heterocycles. The number of thioether (sulfide) groups is 2. The largest absolute Gasteiger partial charge is 0.394 e. The van der Waals surface area contributed by atoms with Gasteiger partial charge in [0.2, 0.25) is 23.6 Å². The fourth-order valence-corrected chi connectivity index (χ4v) is 3.90. The van der Waals surface area contributed by atoms with Crippen molar-refractivity contribution in [3.63, 3.8) is 0 Å². The van der Waals surface area contributed by atoms with Gasteiger partial charge >= 0.3 is 0 Å². The Labute approximate surface area is 229 Å². The molecule has 0 unspecified atom stereocenters. The van der Waals surface area contributed by atoms with E-state index in [2.05, 4.69) is 16.0 Å². The van der Waals surface area contributed by atoms with Gasteiger partial charge in [0.05, 0.1) is 44.5 Å². The molecule has 0 spiro atoms. The molecule has 0 aromatic carbocycles. The molecule has 0 atom stereocenters. The summed E-state index contributed by atoms with van der Waals surface area (Å²) in [6.07, 6.45) is 0.0553. The van der Waals surface area contributed by atoms with Gasteiger partial charge in [-0.15, -0.1) is 23.5 Å². The molecule has 0 aliphatic rings. The number of aliphatic hydroxyl groups is 1. The number of hydrogen-bond donors (Lipinski definition) is 4. The molecule has 0 rings (SSSR count). The van der Waals surface area contributed by atoms with Crippen molar-refractivity contribution < 1.29 is 33.8 Å². The number of rotatable bonds is 23. The Hall–Kier alpha value is -1.54. The summed E-state index contributed by atoms with van der Waals surface area (Å²) in [4.78, 5) is 50.4. The van der Waals surface area contributed by atoms with Crippen LogP contribution in [0.1, 0.15) is 40.5 Å². The maximum absolute atomic E-state index is 12.8. The Morgan fingerprint density at radius 3 is 1.68 bits per heavy atom. The fourth-order valence-electron chi connectivity index (χ4n) is 2.72. The molecule has 0 aliphatic carbocycles. The summed E-state index contributed by atoms with van der Waals surface area (Å²) in [7, 11) is 0. The summed E-state index contributed by atoms with van der Waals surface area (Å²) in [5, 5.41) is 17.7. The minimum absolute atomic E-state index is 0.0238. The van der Waals surface area contributed by atoms with Crippen LogP contribution >= 0.6 is 23.5 Å². The van der Waals surface area contributed by atoms with E-state index >= 15 is 0 Å². The SMILES string of the molecule is CC(C)SCC(=O)NCCN(CCNC(=O)CSC(C)C)C(=O)CCC(=O)NCCOCCOCCO. The minimum Gasteiger partial charge on any atom is -0.394 e. The average Bonchev–Trinajstić information content (AvgIpc) is 2.85. The Morgan fingerprint density at radius 1 is 0.703 bits per heavy atom. The van der Waals surface area contributed by atoms with Crippen LogP contribution in [0.2, 0.25) is 0 Å². The van der Waals surface area contributed by atoms with E-state index in [4.69, 9.17) is 14.6 Å². The number of nitrogens with one attached hydrogen (secondary N) is 3. The third kappa shape index (κ3) is 23.3. The maximum atomic E-state index is 12.8. The monoisotopic (exact) mass is 566 g/mol. The highest BCUT2D eigenvalue weighted by molar-refractivity contribution is 8.00. The lowest BCUT2D eigenvalue weighted by molar-refractivity contribution is -0.134. The molecule has 0 aromatic heterocycles. The molecule has 4 N–H and O–H groups in total. The van der Waals surface area contributed by atoms with E-state index in [0.29, 0.717) is 74.6 Å². The summed E-state index contributed by atoms with van der Waals surface area (Å²) < 4.78 is 10.4. The molecule has 0 aromatic rings. The quantitative estimate of drug-likeness (QED) is 0.128. The number of amides is 4. The maximum Gasteiger partial charge on any atom is 0.230 e. The number of hydrogen-bond acceptors (Lipinski definition) is 9. The summed E-state index contributed by atoms with van der Waals surface area (Å²) in [6.45, 7) is 10.8. The molecule has 216 valence electrons. The molecular formula is C24H46N4O7S2. The second kappa shape index (κ2) is 23.6. The van der Waals surface area contributed by atoms with Crippen molar-refractivity contribution in [2.75, 3.05) is 77.3 Å². The van der Waals surface area contributed by atoms with Crippen molar-refractivity contribution >= 4 is 47.2 Å². The van der Waals surface area contributed by atoms with Crippen LogP contribution in [0.4, 0.5) is 0 Å². The first-order valence-electron chi connectivity index (χ1n) is 12.7. The van der Waals surface area contributed by atoms with Gasteiger partial charge in [-0.1, -0.05) is 27.7 Å². The van der Waals surface area contributed by atoms with Gasteiger partial charge in [0.25, 0.3) is 0 Å². The van der Waals surface area contributed by atoms with Crippen LogP contribution in [0.3, 0.4) is 0 Å². The third-order valence-corrected chi connectivity index (χ3v) is 6.79. The second-order valence-electron chi connectivity index (χ2n) is 8.60. The molecule has 0 radical (unpaired) electrons. The highest BCUT2D eigenvalue weighted by Gasteiger charge is 2.16. The smallest absolute Gasteiger partial charge is 0.230 e. The molecule has 4 amide bonds. The predicted molar refractivity (Wildman–Crippen MR) is 149 cm³/mol. The molecule has 0 fully saturated rings. The van der Waals surface area contributed by atoms with Crippen LogP contribution in [0.5, 0.6) is 0 Å². The Kier molecular flexibility index (Phi) is 22.6. The Balaban J connectivity index is 4.45. The lowest BCUT2D eigenvalue weighted by atomic mass is 10.2. The van der Waals surface area contributed by atoms with E-state index < -0.39 is 0 Å².